The Morgan fingerprint density at radius 1 is 1.50 bits per heavy atom. The van der Waals surface area contributed by atoms with E-state index in [1.807, 2.05) is 0 Å². The number of aromatic hydroxyl groups is 1. The highest BCUT2D eigenvalue weighted by molar-refractivity contribution is 7.93. The Morgan fingerprint density at radius 2 is 2.12 bits per heavy atom. The van der Waals surface area contributed by atoms with Crippen LogP contribution in [0.1, 0.15) is 12.5 Å². The van der Waals surface area contributed by atoms with Gasteiger partial charge in [0.25, 0.3) is 0 Å². The zero-order valence-corrected chi connectivity index (χ0v) is 9.75. The van der Waals surface area contributed by atoms with Gasteiger partial charge in [0, 0.05) is 0 Å². The quantitative estimate of drug-likeness (QED) is 0.780. The van der Waals surface area contributed by atoms with E-state index < -0.39 is 15.3 Å². The molecule has 1 aromatic carbocycles. The number of nitrogens with zero attached hydrogens (tertiary/aromatic N) is 1. The van der Waals surface area contributed by atoms with E-state index in [9.17, 15) is 13.5 Å². The van der Waals surface area contributed by atoms with Gasteiger partial charge in [0.05, 0.1) is 11.8 Å². The van der Waals surface area contributed by atoms with Crippen LogP contribution in [0.3, 0.4) is 0 Å². The summed E-state index contributed by atoms with van der Waals surface area (Å²) in [5.74, 6) is -0.159. The zero-order valence-electron chi connectivity index (χ0n) is 8.93. The maximum Gasteiger partial charge on any atom is 0.248 e. The summed E-state index contributed by atoms with van der Waals surface area (Å²) in [6.07, 6.45) is 0. The standard InChI is InChI=1S/C10H12N2O3S/c1-7-3-4-9(10(13)5-7)12-16(14,15)8(2)6-11/h3-5,8,12-13H,1-2H3. The number of sulfonamides is 1. The number of anilines is 1. The minimum Gasteiger partial charge on any atom is -0.506 e. The molecule has 6 heteroatoms. The van der Waals surface area contributed by atoms with Crippen LogP contribution in [0.4, 0.5) is 5.69 Å². The molecule has 1 atom stereocenters. The Bertz CT molecular complexity index is 531. The van der Waals surface area contributed by atoms with E-state index in [1.165, 1.54) is 19.1 Å². The van der Waals surface area contributed by atoms with Crippen molar-refractivity contribution in [1.29, 1.82) is 5.26 Å². The molecular formula is C10H12N2O3S. The fourth-order valence-corrected chi connectivity index (χ4v) is 1.83. The maximum atomic E-state index is 11.5. The van der Waals surface area contributed by atoms with E-state index in [-0.39, 0.29) is 11.4 Å². The smallest absolute Gasteiger partial charge is 0.248 e. The van der Waals surface area contributed by atoms with Crippen molar-refractivity contribution in [2.24, 2.45) is 0 Å². The van der Waals surface area contributed by atoms with Gasteiger partial charge in [-0.05, 0) is 31.5 Å². The van der Waals surface area contributed by atoms with E-state index in [1.54, 1.807) is 19.1 Å². The molecule has 0 saturated carbocycles. The van der Waals surface area contributed by atoms with Crippen LogP contribution in [0, 0.1) is 18.3 Å². The molecule has 5 nitrogen and oxygen atoms in total. The lowest BCUT2D eigenvalue weighted by Gasteiger charge is -2.10. The van der Waals surface area contributed by atoms with E-state index in [2.05, 4.69) is 4.72 Å². The summed E-state index contributed by atoms with van der Waals surface area (Å²) in [4.78, 5) is 0. The van der Waals surface area contributed by atoms with Gasteiger partial charge < -0.3 is 5.11 Å². The second kappa shape index (κ2) is 4.41. The first kappa shape index (κ1) is 12.3. The largest absolute Gasteiger partial charge is 0.506 e. The van der Waals surface area contributed by atoms with Crippen molar-refractivity contribution in [3.8, 4) is 11.8 Å². The lowest BCUT2D eigenvalue weighted by molar-refractivity contribution is 0.477. The van der Waals surface area contributed by atoms with Gasteiger partial charge in [-0.1, -0.05) is 6.07 Å². The van der Waals surface area contributed by atoms with Gasteiger partial charge in [0.1, 0.15) is 5.75 Å². The summed E-state index contributed by atoms with van der Waals surface area (Å²) >= 11 is 0. The van der Waals surface area contributed by atoms with Gasteiger partial charge in [-0.25, -0.2) is 8.42 Å². The van der Waals surface area contributed by atoms with E-state index in [4.69, 9.17) is 5.26 Å². The monoisotopic (exact) mass is 240 g/mol. The molecule has 0 aliphatic carbocycles. The highest BCUT2D eigenvalue weighted by atomic mass is 32.2. The summed E-state index contributed by atoms with van der Waals surface area (Å²) in [6.45, 7) is 3.05. The number of rotatable bonds is 3. The van der Waals surface area contributed by atoms with Gasteiger partial charge in [-0.15, -0.1) is 0 Å². The predicted octanol–water partition coefficient (Wildman–Crippen LogP) is 1.35. The van der Waals surface area contributed by atoms with E-state index >= 15 is 0 Å². The molecule has 0 saturated heterocycles. The van der Waals surface area contributed by atoms with Crippen molar-refractivity contribution >= 4 is 15.7 Å². The minimum absolute atomic E-state index is 0.0766. The lowest BCUT2D eigenvalue weighted by Crippen LogP contribution is -2.23. The maximum absolute atomic E-state index is 11.5. The molecule has 2 N–H and O–H groups in total. The molecule has 0 spiro atoms. The molecule has 0 aromatic heterocycles. The molecule has 16 heavy (non-hydrogen) atoms. The molecule has 86 valence electrons. The van der Waals surface area contributed by atoms with Gasteiger partial charge in [-0.2, -0.15) is 5.26 Å². The molecule has 0 fully saturated rings. The summed E-state index contributed by atoms with van der Waals surface area (Å²) in [5, 5.41) is 16.9. The summed E-state index contributed by atoms with van der Waals surface area (Å²) in [6, 6.07) is 6.18. The van der Waals surface area contributed by atoms with Gasteiger partial charge in [0.2, 0.25) is 10.0 Å². The highest BCUT2D eigenvalue weighted by Crippen LogP contribution is 2.25. The molecule has 0 amide bonds. The predicted molar refractivity (Wildman–Crippen MR) is 60.5 cm³/mol. The fraction of sp³-hybridized carbons (Fsp3) is 0.300. The first-order valence-corrected chi connectivity index (χ1v) is 6.12. The van der Waals surface area contributed by atoms with Crippen LogP contribution in [0.25, 0.3) is 0 Å². The van der Waals surface area contributed by atoms with E-state index in [0.29, 0.717) is 0 Å². The Morgan fingerprint density at radius 3 is 2.62 bits per heavy atom. The average molecular weight is 240 g/mol. The summed E-state index contributed by atoms with van der Waals surface area (Å²) in [5.41, 5.74) is 0.890. The number of phenols is 1. The third-order valence-corrected chi connectivity index (χ3v) is 3.59. The average Bonchev–Trinajstić information content (AvgIpc) is 2.21. The molecule has 1 rings (SSSR count). The Labute approximate surface area is 94.4 Å². The third-order valence-electron chi connectivity index (χ3n) is 2.05. The zero-order chi connectivity index (χ0) is 12.3. The van der Waals surface area contributed by atoms with Crippen molar-refractivity contribution in [1.82, 2.24) is 0 Å². The van der Waals surface area contributed by atoms with Gasteiger partial charge >= 0.3 is 0 Å². The highest BCUT2D eigenvalue weighted by Gasteiger charge is 2.21. The molecule has 0 aliphatic heterocycles. The fourth-order valence-electron chi connectivity index (χ4n) is 1.04. The van der Waals surface area contributed by atoms with Gasteiger partial charge in [0.15, 0.2) is 5.25 Å². The van der Waals surface area contributed by atoms with Crippen LogP contribution in [0.5, 0.6) is 5.75 Å². The molecule has 0 bridgehead atoms. The molecule has 0 aliphatic rings. The SMILES string of the molecule is Cc1ccc(NS(=O)(=O)C(C)C#N)c(O)c1. The van der Waals surface area contributed by atoms with Crippen LogP contribution in [-0.2, 0) is 10.0 Å². The van der Waals surface area contributed by atoms with Gasteiger partial charge in [-0.3, -0.25) is 4.72 Å². The number of nitrogens with one attached hydrogen (secondary N) is 1. The van der Waals surface area contributed by atoms with Crippen LogP contribution < -0.4 is 4.72 Å². The Kier molecular flexibility index (Phi) is 3.40. The third kappa shape index (κ3) is 2.64. The normalized spacial score (nSPS) is 12.8. The molecule has 0 heterocycles. The second-order valence-corrected chi connectivity index (χ2v) is 5.44. The van der Waals surface area contributed by atoms with Crippen molar-refractivity contribution in [3.63, 3.8) is 0 Å². The topological polar surface area (TPSA) is 90.2 Å². The summed E-state index contributed by atoms with van der Waals surface area (Å²) in [7, 11) is -3.77. The molecule has 0 radical (unpaired) electrons. The number of aryl methyl sites for hydroxylation is 1. The number of benzene rings is 1. The second-order valence-electron chi connectivity index (χ2n) is 3.44. The van der Waals surface area contributed by atoms with Crippen LogP contribution in [0.15, 0.2) is 18.2 Å². The van der Waals surface area contributed by atoms with Crippen molar-refractivity contribution in [2.75, 3.05) is 4.72 Å². The number of nitriles is 1. The van der Waals surface area contributed by atoms with Crippen LogP contribution in [0.2, 0.25) is 0 Å². The molecule has 1 unspecified atom stereocenters. The van der Waals surface area contributed by atoms with Crippen molar-refractivity contribution < 1.29 is 13.5 Å². The van der Waals surface area contributed by atoms with Crippen molar-refractivity contribution in [2.45, 2.75) is 19.1 Å². The Balaban J connectivity index is 3.03. The Hall–Kier alpha value is -1.74. The summed E-state index contributed by atoms with van der Waals surface area (Å²) < 4.78 is 25.2. The minimum atomic E-state index is -3.77. The van der Waals surface area contributed by atoms with Crippen LogP contribution >= 0.6 is 0 Å². The molecular weight excluding hydrogens is 228 g/mol. The lowest BCUT2D eigenvalue weighted by atomic mass is 10.2. The number of hydrogen-bond acceptors (Lipinski definition) is 4. The van der Waals surface area contributed by atoms with E-state index in [0.717, 1.165) is 5.56 Å². The van der Waals surface area contributed by atoms with Crippen molar-refractivity contribution in [3.05, 3.63) is 23.8 Å². The first-order valence-electron chi connectivity index (χ1n) is 4.57. The molecule has 1 aromatic rings. The number of phenolic OH excluding ortho intramolecular Hbond substituents is 1. The first-order chi connectivity index (χ1) is 7.36. The number of hydrogen-bond donors (Lipinski definition) is 2. The van der Waals surface area contributed by atoms with Crippen LogP contribution in [-0.4, -0.2) is 18.8 Å².